The molecule has 120 valence electrons. The first-order valence-corrected chi connectivity index (χ1v) is 7.92. The van der Waals surface area contributed by atoms with Crippen LogP contribution in [0, 0.1) is 5.82 Å². The molecule has 2 aliphatic heterocycles. The van der Waals surface area contributed by atoms with E-state index in [2.05, 4.69) is 25.5 Å². The molecule has 0 amide bonds. The standard InChI is InChI=1S/C16H20FN6/c1-22-7-11(17)6-14(8-22)20-16-18-5-4-15(21-16)23-9-12-2-3-13(10-23)19-12/h4-8,12-13,19H,2-3,9-10H2,1H3,(H,18,20,21)/q+1/t12-,13+. The first-order valence-electron chi connectivity index (χ1n) is 7.92. The highest BCUT2D eigenvalue weighted by atomic mass is 19.1. The summed E-state index contributed by atoms with van der Waals surface area (Å²) in [4.78, 5) is 11.1. The number of nitrogens with zero attached hydrogens (tertiary/aromatic N) is 4. The maximum Gasteiger partial charge on any atom is 0.229 e. The Morgan fingerprint density at radius 3 is 2.83 bits per heavy atom. The number of hydrogen-bond acceptors (Lipinski definition) is 5. The molecule has 2 bridgehead atoms. The lowest BCUT2D eigenvalue weighted by atomic mass is 10.2. The van der Waals surface area contributed by atoms with Gasteiger partial charge in [0, 0.05) is 37.4 Å². The van der Waals surface area contributed by atoms with Crippen molar-refractivity contribution in [3.05, 3.63) is 36.5 Å². The Labute approximate surface area is 134 Å². The Bertz CT molecular complexity index is 689. The molecule has 2 aliphatic rings. The van der Waals surface area contributed by atoms with Crippen LogP contribution in [0.3, 0.4) is 0 Å². The molecule has 6 nitrogen and oxygen atoms in total. The van der Waals surface area contributed by atoms with Crippen molar-refractivity contribution in [2.24, 2.45) is 7.05 Å². The maximum absolute atomic E-state index is 13.5. The number of aromatic nitrogens is 3. The van der Waals surface area contributed by atoms with Crippen molar-refractivity contribution >= 4 is 17.5 Å². The Morgan fingerprint density at radius 1 is 1.30 bits per heavy atom. The molecule has 0 spiro atoms. The lowest BCUT2D eigenvalue weighted by Crippen LogP contribution is -2.51. The van der Waals surface area contributed by atoms with E-state index in [9.17, 15) is 4.39 Å². The van der Waals surface area contributed by atoms with Crippen LogP contribution in [0.5, 0.6) is 0 Å². The Kier molecular flexibility index (Phi) is 3.57. The van der Waals surface area contributed by atoms with Gasteiger partial charge in [0.15, 0.2) is 12.0 Å². The number of hydrogen-bond donors (Lipinski definition) is 2. The number of pyridine rings is 1. The summed E-state index contributed by atoms with van der Waals surface area (Å²) in [6, 6.07) is 4.48. The lowest BCUT2D eigenvalue weighted by molar-refractivity contribution is -0.672. The fourth-order valence-corrected chi connectivity index (χ4v) is 3.44. The van der Waals surface area contributed by atoms with Crippen LogP contribution in [0.2, 0.25) is 0 Å². The van der Waals surface area contributed by atoms with Gasteiger partial charge in [-0.2, -0.15) is 4.98 Å². The van der Waals surface area contributed by atoms with Crippen molar-refractivity contribution in [3.63, 3.8) is 0 Å². The van der Waals surface area contributed by atoms with Gasteiger partial charge in [-0.3, -0.25) is 0 Å². The van der Waals surface area contributed by atoms with Crippen molar-refractivity contribution in [1.29, 1.82) is 0 Å². The zero-order chi connectivity index (χ0) is 15.8. The van der Waals surface area contributed by atoms with Crippen molar-refractivity contribution in [2.75, 3.05) is 23.3 Å². The summed E-state index contributed by atoms with van der Waals surface area (Å²) in [5, 5.41) is 6.69. The largest absolute Gasteiger partial charge is 0.353 e. The molecule has 4 rings (SSSR count). The summed E-state index contributed by atoms with van der Waals surface area (Å²) in [5.41, 5.74) is 0.630. The molecule has 0 saturated carbocycles. The number of piperazine rings is 1. The Balaban J connectivity index is 1.54. The number of anilines is 3. The zero-order valence-electron chi connectivity index (χ0n) is 13.0. The van der Waals surface area contributed by atoms with E-state index in [0.717, 1.165) is 18.9 Å². The van der Waals surface area contributed by atoms with Gasteiger partial charge in [0.25, 0.3) is 0 Å². The van der Waals surface area contributed by atoms with Gasteiger partial charge in [-0.05, 0) is 18.9 Å². The van der Waals surface area contributed by atoms with E-state index in [1.165, 1.54) is 25.1 Å². The molecule has 2 aromatic rings. The topological polar surface area (TPSA) is 57.0 Å². The average molecular weight is 315 g/mol. The molecule has 7 heteroatoms. The van der Waals surface area contributed by atoms with Crippen molar-refractivity contribution in [1.82, 2.24) is 15.3 Å². The third-order valence-corrected chi connectivity index (χ3v) is 4.40. The van der Waals surface area contributed by atoms with Crippen LogP contribution in [0.25, 0.3) is 0 Å². The summed E-state index contributed by atoms with van der Waals surface area (Å²) in [5.74, 6) is 1.10. The SMILES string of the molecule is C[n+]1cc(F)cc(Nc2nccc(N3C[C@H]4CC[C@@H](C3)N4)n2)c1. The van der Waals surface area contributed by atoms with Gasteiger partial charge in [0.1, 0.15) is 18.6 Å². The number of rotatable bonds is 3. The molecule has 0 aliphatic carbocycles. The molecule has 2 atom stereocenters. The highest BCUT2D eigenvalue weighted by Gasteiger charge is 2.32. The van der Waals surface area contributed by atoms with E-state index in [-0.39, 0.29) is 5.82 Å². The highest BCUT2D eigenvalue weighted by Crippen LogP contribution is 2.24. The fraction of sp³-hybridized carbons (Fsp3) is 0.438. The van der Waals surface area contributed by atoms with Crippen LogP contribution in [0.4, 0.5) is 21.8 Å². The van der Waals surface area contributed by atoms with Gasteiger partial charge in [0.2, 0.25) is 12.1 Å². The summed E-state index contributed by atoms with van der Waals surface area (Å²) in [7, 11) is 1.78. The maximum atomic E-state index is 13.5. The summed E-state index contributed by atoms with van der Waals surface area (Å²) < 4.78 is 15.1. The number of aryl methyl sites for hydroxylation is 1. The van der Waals surface area contributed by atoms with Gasteiger partial charge >= 0.3 is 0 Å². The normalized spacial score (nSPS) is 23.1. The van der Waals surface area contributed by atoms with E-state index in [1.807, 2.05) is 6.07 Å². The van der Waals surface area contributed by atoms with Crippen LogP contribution in [-0.2, 0) is 7.05 Å². The van der Waals surface area contributed by atoms with Crippen LogP contribution in [0.1, 0.15) is 12.8 Å². The third kappa shape index (κ3) is 3.10. The number of halogens is 1. The van der Waals surface area contributed by atoms with Crippen molar-refractivity contribution in [2.45, 2.75) is 24.9 Å². The molecule has 2 aromatic heterocycles. The molecule has 23 heavy (non-hydrogen) atoms. The molecule has 0 radical (unpaired) electrons. The van der Waals surface area contributed by atoms with Crippen LogP contribution < -0.4 is 20.1 Å². The predicted molar refractivity (Wildman–Crippen MR) is 85.0 cm³/mol. The minimum Gasteiger partial charge on any atom is -0.353 e. The molecular weight excluding hydrogens is 295 g/mol. The van der Waals surface area contributed by atoms with Gasteiger partial charge in [-0.15, -0.1) is 0 Å². The zero-order valence-corrected chi connectivity index (χ0v) is 13.0. The Hall–Kier alpha value is -2.28. The molecule has 2 N–H and O–H groups in total. The van der Waals surface area contributed by atoms with Crippen LogP contribution in [0.15, 0.2) is 30.7 Å². The van der Waals surface area contributed by atoms with E-state index in [0.29, 0.717) is 23.7 Å². The van der Waals surface area contributed by atoms with Gasteiger partial charge < -0.3 is 15.5 Å². The highest BCUT2D eigenvalue weighted by molar-refractivity contribution is 5.53. The number of nitrogens with one attached hydrogen (secondary N) is 2. The quantitative estimate of drug-likeness (QED) is 0.832. The van der Waals surface area contributed by atoms with E-state index < -0.39 is 0 Å². The molecule has 0 unspecified atom stereocenters. The third-order valence-electron chi connectivity index (χ3n) is 4.40. The lowest BCUT2D eigenvalue weighted by Gasteiger charge is -2.33. The van der Waals surface area contributed by atoms with Crippen LogP contribution in [-0.4, -0.2) is 35.1 Å². The number of fused-ring (bicyclic) bond motifs is 2. The molecule has 0 aromatic carbocycles. The summed E-state index contributed by atoms with van der Waals surface area (Å²) >= 11 is 0. The first-order chi connectivity index (χ1) is 11.2. The van der Waals surface area contributed by atoms with E-state index in [4.69, 9.17) is 0 Å². The van der Waals surface area contributed by atoms with Crippen molar-refractivity contribution < 1.29 is 8.96 Å². The van der Waals surface area contributed by atoms with E-state index in [1.54, 1.807) is 24.0 Å². The molecule has 2 fully saturated rings. The second kappa shape index (κ2) is 5.73. The Morgan fingerprint density at radius 2 is 2.09 bits per heavy atom. The minimum absolute atomic E-state index is 0.299. The van der Waals surface area contributed by atoms with Gasteiger partial charge in [-0.25, -0.2) is 13.9 Å². The fourth-order valence-electron chi connectivity index (χ4n) is 3.44. The van der Waals surface area contributed by atoms with Crippen LogP contribution >= 0.6 is 0 Å². The monoisotopic (exact) mass is 315 g/mol. The van der Waals surface area contributed by atoms with Gasteiger partial charge in [-0.1, -0.05) is 0 Å². The predicted octanol–water partition coefficient (Wildman–Crippen LogP) is 1.12. The van der Waals surface area contributed by atoms with Gasteiger partial charge in [0.05, 0.1) is 0 Å². The van der Waals surface area contributed by atoms with Crippen molar-refractivity contribution in [3.8, 4) is 0 Å². The summed E-state index contributed by atoms with van der Waals surface area (Å²) in [6.07, 6.45) is 7.42. The molecule has 2 saturated heterocycles. The van der Waals surface area contributed by atoms with E-state index >= 15 is 0 Å². The first kappa shape index (κ1) is 14.3. The second-order valence-electron chi connectivity index (χ2n) is 6.31. The minimum atomic E-state index is -0.299. The molecule has 4 heterocycles. The second-order valence-corrected chi connectivity index (χ2v) is 6.31. The molecular formula is C16H20FN6+. The average Bonchev–Trinajstić information content (AvgIpc) is 2.85. The smallest absolute Gasteiger partial charge is 0.229 e. The summed E-state index contributed by atoms with van der Waals surface area (Å²) in [6.45, 7) is 1.95.